The van der Waals surface area contributed by atoms with E-state index >= 15 is 0 Å². The Labute approximate surface area is 140 Å². The van der Waals surface area contributed by atoms with Crippen LogP contribution in [-0.2, 0) is 12.5 Å². The Hall–Kier alpha value is -2.82. The Morgan fingerprint density at radius 2 is 2.08 bits per heavy atom. The second-order valence-electron chi connectivity index (χ2n) is 6.53. The molecule has 0 saturated carbocycles. The quantitative estimate of drug-likeness (QED) is 0.800. The molecule has 1 aliphatic rings. The van der Waals surface area contributed by atoms with E-state index in [0.29, 0.717) is 0 Å². The number of nitrogens with one attached hydrogen (secondary N) is 1. The summed E-state index contributed by atoms with van der Waals surface area (Å²) in [5, 5.41) is 2.38. The fourth-order valence-corrected chi connectivity index (χ4v) is 3.29. The van der Waals surface area contributed by atoms with Gasteiger partial charge in [0.2, 0.25) is 0 Å². The summed E-state index contributed by atoms with van der Waals surface area (Å²) in [5.41, 5.74) is 3.23. The maximum Gasteiger partial charge on any atom is 0.137 e. The Kier molecular flexibility index (Phi) is 3.30. The zero-order chi connectivity index (χ0) is 16.7. The lowest BCUT2D eigenvalue weighted by atomic mass is 9.78. The van der Waals surface area contributed by atoms with E-state index in [4.69, 9.17) is 4.74 Å². The number of imidazole rings is 1. The number of rotatable bonds is 3. The molecule has 0 amide bonds. The number of methoxy groups -OCH3 is 1. The summed E-state index contributed by atoms with van der Waals surface area (Å²) in [5.74, 6) is 0.789. The fourth-order valence-electron chi connectivity index (χ4n) is 3.29. The third kappa shape index (κ3) is 2.33. The first-order chi connectivity index (χ1) is 11.6. The molecule has 4 rings (SSSR count). The second kappa shape index (κ2) is 5.37. The SMILES string of the molecule is COc1cncc(C2(C)C=c3cc(-c4cncn4C)[nH]c3=CC2)c1. The van der Waals surface area contributed by atoms with Gasteiger partial charge in [-0.25, -0.2) is 4.98 Å². The Balaban J connectivity index is 1.81. The molecule has 1 N–H and O–H groups in total. The number of aromatic amines is 1. The molecule has 0 bridgehead atoms. The van der Waals surface area contributed by atoms with Gasteiger partial charge in [-0.05, 0) is 29.3 Å². The molecular formula is C19H20N4O. The standard InChI is InChI=1S/C19H20N4O/c1-19(14-7-15(24-3)10-20-9-14)5-4-16-13(8-19)6-17(22-16)18-11-21-12-23(18)2/h4,6-12,22H,5H2,1-3H3. The molecule has 3 heterocycles. The van der Waals surface area contributed by atoms with E-state index in [9.17, 15) is 0 Å². The Morgan fingerprint density at radius 3 is 2.83 bits per heavy atom. The molecule has 0 saturated heterocycles. The van der Waals surface area contributed by atoms with Gasteiger partial charge >= 0.3 is 0 Å². The average Bonchev–Trinajstić information content (AvgIpc) is 3.20. The summed E-state index contributed by atoms with van der Waals surface area (Å²) in [6.07, 6.45) is 12.8. The van der Waals surface area contributed by atoms with Gasteiger partial charge in [0.15, 0.2) is 0 Å². The molecule has 3 aromatic heterocycles. The van der Waals surface area contributed by atoms with Crippen molar-refractivity contribution < 1.29 is 4.74 Å². The molecule has 122 valence electrons. The third-order valence-corrected chi connectivity index (χ3v) is 4.79. The first kappa shape index (κ1) is 14.8. The van der Waals surface area contributed by atoms with Crippen LogP contribution in [0.4, 0.5) is 0 Å². The van der Waals surface area contributed by atoms with Crippen molar-refractivity contribution in [2.75, 3.05) is 7.11 Å². The number of hydrogen-bond donors (Lipinski definition) is 1. The van der Waals surface area contributed by atoms with Crippen molar-refractivity contribution in [3.05, 3.63) is 53.2 Å². The summed E-state index contributed by atoms with van der Waals surface area (Å²) < 4.78 is 7.34. The number of H-pyrrole nitrogens is 1. The first-order valence-electron chi connectivity index (χ1n) is 7.97. The Morgan fingerprint density at radius 1 is 1.21 bits per heavy atom. The van der Waals surface area contributed by atoms with Crippen LogP contribution in [0.3, 0.4) is 0 Å². The number of pyridine rings is 1. The molecule has 0 fully saturated rings. The highest BCUT2D eigenvalue weighted by Crippen LogP contribution is 2.32. The van der Waals surface area contributed by atoms with Gasteiger partial charge in [0.25, 0.3) is 0 Å². The van der Waals surface area contributed by atoms with E-state index in [0.717, 1.165) is 29.1 Å². The van der Waals surface area contributed by atoms with E-state index in [1.807, 2.05) is 30.3 Å². The number of hydrogen-bond acceptors (Lipinski definition) is 3. The molecular weight excluding hydrogens is 300 g/mol. The minimum Gasteiger partial charge on any atom is -0.495 e. The third-order valence-electron chi connectivity index (χ3n) is 4.79. The van der Waals surface area contributed by atoms with E-state index in [1.165, 1.54) is 10.6 Å². The monoisotopic (exact) mass is 320 g/mol. The molecule has 1 unspecified atom stereocenters. The van der Waals surface area contributed by atoms with Crippen LogP contribution in [0.25, 0.3) is 23.5 Å². The molecule has 3 aromatic rings. The van der Waals surface area contributed by atoms with E-state index in [1.54, 1.807) is 13.3 Å². The first-order valence-corrected chi connectivity index (χ1v) is 7.97. The minimum absolute atomic E-state index is 0.0968. The molecule has 0 aromatic carbocycles. The van der Waals surface area contributed by atoms with Crippen molar-refractivity contribution in [1.29, 1.82) is 0 Å². The summed E-state index contributed by atoms with van der Waals surface area (Å²) in [6.45, 7) is 2.24. The largest absolute Gasteiger partial charge is 0.495 e. The number of aromatic nitrogens is 4. The molecule has 24 heavy (non-hydrogen) atoms. The average molecular weight is 320 g/mol. The van der Waals surface area contributed by atoms with Gasteiger partial charge in [0.05, 0.1) is 37.2 Å². The molecule has 5 heteroatoms. The van der Waals surface area contributed by atoms with Crippen LogP contribution in [0, 0.1) is 0 Å². The highest BCUT2D eigenvalue weighted by Gasteiger charge is 2.26. The van der Waals surface area contributed by atoms with E-state index in [-0.39, 0.29) is 5.41 Å². The minimum atomic E-state index is -0.0968. The topological polar surface area (TPSA) is 55.7 Å². The molecule has 1 atom stereocenters. The predicted octanol–water partition coefficient (Wildman–Crippen LogP) is 1.74. The Bertz CT molecular complexity index is 1010. The van der Waals surface area contributed by atoms with Crippen LogP contribution in [0.5, 0.6) is 5.75 Å². The van der Waals surface area contributed by atoms with Gasteiger partial charge in [-0.2, -0.15) is 0 Å². The van der Waals surface area contributed by atoms with Crippen molar-refractivity contribution >= 4 is 12.2 Å². The second-order valence-corrected chi connectivity index (χ2v) is 6.53. The van der Waals surface area contributed by atoms with Gasteiger partial charge in [0.1, 0.15) is 5.75 Å². The van der Waals surface area contributed by atoms with Crippen LogP contribution in [0.15, 0.2) is 37.1 Å². The van der Waals surface area contributed by atoms with Gasteiger partial charge < -0.3 is 14.3 Å². The van der Waals surface area contributed by atoms with Crippen LogP contribution in [-0.4, -0.2) is 26.6 Å². The van der Waals surface area contributed by atoms with Crippen LogP contribution < -0.4 is 15.3 Å². The maximum atomic E-state index is 5.32. The van der Waals surface area contributed by atoms with Gasteiger partial charge in [-0.15, -0.1) is 0 Å². The highest BCUT2D eigenvalue weighted by molar-refractivity contribution is 5.60. The van der Waals surface area contributed by atoms with Gasteiger partial charge in [-0.3, -0.25) is 4.98 Å². The molecule has 0 aliphatic heterocycles. The van der Waals surface area contributed by atoms with Gasteiger partial charge in [0, 0.05) is 24.0 Å². The number of fused-ring (bicyclic) bond motifs is 1. The summed E-state index contributed by atoms with van der Waals surface area (Å²) in [4.78, 5) is 12.0. The smallest absolute Gasteiger partial charge is 0.137 e. The number of nitrogens with zero attached hydrogens (tertiary/aromatic N) is 3. The summed E-state index contributed by atoms with van der Waals surface area (Å²) in [7, 11) is 3.67. The van der Waals surface area contributed by atoms with E-state index in [2.05, 4.69) is 46.2 Å². The molecule has 5 nitrogen and oxygen atoms in total. The van der Waals surface area contributed by atoms with Crippen molar-refractivity contribution in [1.82, 2.24) is 19.5 Å². The van der Waals surface area contributed by atoms with Crippen molar-refractivity contribution in [3.8, 4) is 17.1 Å². The predicted molar refractivity (Wildman–Crippen MR) is 93.9 cm³/mol. The lowest BCUT2D eigenvalue weighted by Gasteiger charge is -2.26. The van der Waals surface area contributed by atoms with Crippen molar-refractivity contribution in [2.45, 2.75) is 18.8 Å². The van der Waals surface area contributed by atoms with Crippen molar-refractivity contribution in [2.24, 2.45) is 7.05 Å². The zero-order valence-electron chi connectivity index (χ0n) is 14.1. The van der Waals surface area contributed by atoms with Crippen LogP contribution in [0.1, 0.15) is 18.9 Å². The summed E-state index contributed by atoms with van der Waals surface area (Å²) in [6, 6.07) is 4.25. The maximum absolute atomic E-state index is 5.32. The fraction of sp³-hybridized carbons (Fsp3) is 0.263. The van der Waals surface area contributed by atoms with Crippen LogP contribution in [0.2, 0.25) is 0 Å². The number of aryl methyl sites for hydroxylation is 1. The molecule has 0 radical (unpaired) electrons. The molecule has 0 spiro atoms. The van der Waals surface area contributed by atoms with Crippen molar-refractivity contribution in [3.63, 3.8) is 0 Å². The lowest BCUT2D eigenvalue weighted by molar-refractivity contribution is 0.411. The normalized spacial score (nSPS) is 19.3. The highest BCUT2D eigenvalue weighted by atomic mass is 16.5. The lowest BCUT2D eigenvalue weighted by Crippen LogP contribution is -2.33. The van der Waals surface area contributed by atoms with Gasteiger partial charge in [-0.1, -0.05) is 19.1 Å². The van der Waals surface area contributed by atoms with Crippen LogP contribution >= 0.6 is 0 Å². The molecule has 1 aliphatic carbocycles. The number of ether oxygens (including phenoxy) is 1. The summed E-state index contributed by atoms with van der Waals surface area (Å²) >= 11 is 0. The zero-order valence-corrected chi connectivity index (χ0v) is 14.1. The van der Waals surface area contributed by atoms with E-state index < -0.39 is 0 Å².